The molecule has 0 bridgehead atoms. The van der Waals surface area contributed by atoms with Crippen molar-refractivity contribution in [1.29, 1.82) is 0 Å². The minimum Gasteiger partial charge on any atom is -0.376 e. The highest BCUT2D eigenvalue weighted by Crippen LogP contribution is 2.36. The van der Waals surface area contributed by atoms with E-state index in [0.29, 0.717) is 5.92 Å². The Hall–Kier alpha value is -0.610. The third-order valence-electron chi connectivity index (χ3n) is 5.67. The first-order chi connectivity index (χ1) is 12.4. The van der Waals surface area contributed by atoms with E-state index in [1.807, 2.05) is 12.1 Å². The molecule has 1 fully saturated rings. The zero-order valence-electron chi connectivity index (χ0n) is 17.2. The lowest BCUT2D eigenvalue weighted by atomic mass is 9.75. The van der Waals surface area contributed by atoms with Crippen LogP contribution in [-0.2, 0) is 11.2 Å². The molecule has 1 heterocycles. The van der Waals surface area contributed by atoms with E-state index in [4.69, 9.17) is 16.3 Å². The van der Waals surface area contributed by atoms with Crippen molar-refractivity contribution >= 4 is 11.6 Å². The number of nitrogens with one attached hydrogen (secondary N) is 1. The first kappa shape index (κ1) is 21.7. The van der Waals surface area contributed by atoms with Crippen molar-refractivity contribution in [2.24, 2.45) is 11.8 Å². The second-order valence-corrected chi connectivity index (χ2v) is 9.29. The van der Waals surface area contributed by atoms with Gasteiger partial charge >= 0.3 is 0 Å². The molecule has 0 aromatic heterocycles. The molecule has 0 saturated carbocycles. The molecule has 1 aliphatic heterocycles. The second kappa shape index (κ2) is 10.7. The highest BCUT2D eigenvalue weighted by atomic mass is 35.5. The molecule has 1 aromatic rings. The van der Waals surface area contributed by atoms with E-state index in [9.17, 15) is 0 Å². The van der Waals surface area contributed by atoms with Crippen LogP contribution in [0.15, 0.2) is 24.3 Å². The smallest absolute Gasteiger partial charge is 0.0821 e. The molecule has 2 rings (SSSR count). The van der Waals surface area contributed by atoms with Crippen LogP contribution < -0.4 is 10.2 Å². The van der Waals surface area contributed by atoms with Gasteiger partial charge in [0.25, 0.3) is 0 Å². The van der Waals surface area contributed by atoms with E-state index >= 15 is 0 Å². The normalized spacial score (nSPS) is 21.1. The molecule has 0 radical (unpaired) electrons. The molecule has 0 unspecified atom stereocenters. The van der Waals surface area contributed by atoms with Gasteiger partial charge < -0.3 is 15.0 Å². The van der Waals surface area contributed by atoms with Crippen LogP contribution in [-0.4, -0.2) is 45.9 Å². The summed E-state index contributed by atoms with van der Waals surface area (Å²) in [5, 5.41) is 3.43. The maximum absolute atomic E-state index is 6.46. The van der Waals surface area contributed by atoms with Crippen LogP contribution in [0.5, 0.6) is 0 Å². The van der Waals surface area contributed by atoms with Gasteiger partial charge in [-0.15, -0.1) is 0 Å². The van der Waals surface area contributed by atoms with E-state index in [0.717, 1.165) is 30.4 Å². The van der Waals surface area contributed by atoms with E-state index in [1.54, 1.807) is 4.90 Å². The topological polar surface area (TPSA) is 30.3 Å². The standard InChI is InChI=1S/C22H37ClN2O/c1-22(2)17-20(11-15-26-22)18(10-13-24-12-7-14-25(3)4)16-19-8-5-6-9-21(19)23/h5-6,8-9,18,20,24H,7,10-17H2,1-4H3/p+2/t18-,20-/m1/s1. The Balaban J connectivity index is 1.92. The van der Waals surface area contributed by atoms with Crippen LogP contribution in [0.3, 0.4) is 0 Å². The van der Waals surface area contributed by atoms with Gasteiger partial charge in [0.05, 0.1) is 39.3 Å². The van der Waals surface area contributed by atoms with Crippen LogP contribution in [0.4, 0.5) is 0 Å². The average Bonchev–Trinajstić information content (AvgIpc) is 2.57. The van der Waals surface area contributed by atoms with Crippen LogP contribution in [0.2, 0.25) is 5.02 Å². The lowest BCUT2D eigenvalue weighted by molar-refractivity contribution is -0.860. The van der Waals surface area contributed by atoms with Crippen molar-refractivity contribution in [3.63, 3.8) is 0 Å². The SMILES string of the molecule is C[NH+](C)CCC[NH2+]CC[C@H](Cc1ccccc1Cl)[C@@H]1CCOC(C)(C)C1. The van der Waals surface area contributed by atoms with Gasteiger partial charge in [0.2, 0.25) is 0 Å². The molecule has 1 aliphatic rings. The summed E-state index contributed by atoms with van der Waals surface area (Å²) < 4.78 is 5.96. The van der Waals surface area contributed by atoms with Gasteiger partial charge in [0, 0.05) is 18.1 Å². The van der Waals surface area contributed by atoms with Crippen molar-refractivity contribution in [2.75, 3.05) is 40.3 Å². The van der Waals surface area contributed by atoms with Crippen LogP contribution in [0, 0.1) is 11.8 Å². The summed E-state index contributed by atoms with van der Waals surface area (Å²) in [5.41, 5.74) is 1.32. The molecule has 0 spiro atoms. The molecule has 3 N–H and O–H groups in total. The molecular weight excluding hydrogens is 344 g/mol. The predicted octanol–water partition coefficient (Wildman–Crippen LogP) is 2.19. The third kappa shape index (κ3) is 7.56. The minimum absolute atomic E-state index is 0.0137. The van der Waals surface area contributed by atoms with Gasteiger partial charge in [-0.1, -0.05) is 29.8 Å². The van der Waals surface area contributed by atoms with Gasteiger partial charge in [-0.05, 0) is 63.0 Å². The van der Waals surface area contributed by atoms with Crippen LogP contribution in [0.25, 0.3) is 0 Å². The fourth-order valence-corrected chi connectivity index (χ4v) is 4.42. The summed E-state index contributed by atoms with van der Waals surface area (Å²) in [6.45, 7) is 9.08. The minimum atomic E-state index is 0.0137. The second-order valence-electron chi connectivity index (χ2n) is 8.88. The Kier molecular flexibility index (Phi) is 8.89. The number of ether oxygens (including phenoxy) is 1. The highest BCUT2D eigenvalue weighted by Gasteiger charge is 2.33. The van der Waals surface area contributed by atoms with Gasteiger partial charge in [-0.3, -0.25) is 0 Å². The summed E-state index contributed by atoms with van der Waals surface area (Å²) in [5.74, 6) is 1.42. The Bertz CT molecular complexity index is 533. The summed E-state index contributed by atoms with van der Waals surface area (Å²) in [7, 11) is 4.46. The van der Waals surface area contributed by atoms with E-state index < -0.39 is 0 Å². The quantitative estimate of drug-likeness (QED) is 0.597. The van der Waals surface area contributed by atoms with Crippen molar-refractivity contribution < 1.29 is 15.0 Å². The number of hydrogen-bond acceptors (Lipinski definition) is 1. The van der Waals surface area contributed by atoms with E-state index in [1.165, 1.54) is 44.5 Å². The van der Waals surface area contributed by atoms with Gasteiger partial charge in [0.15, 0.2) is 0 Å². The number of halogens is 1. The fraction of sp³-hybridized carbons (Fsp3) is 0.727. The number of hydrogen-bond donors (Lipinski definition) is 2. The highest BCUT2D eigenvalue weighted by molar-refractivity contribution is 6.31. The van der Waals surface area contributed by atoms with Crippen molar-refractivity contribution in [1.82, 2.24) is 0 Å². The summed E-state index contributed by atoms with van der Waals surface area (Å²) in [6, 6.07) is 8.36. The molecule has 1 aromatic carbocycles. The Morgan fingerprint density at radius 2 is 2.04 bits per heavy atom. The van der Waals surface area contributed by atoms with Gasteiger partial charge in [-0.25, -0.2) is 0 Å². The van der Waals surface area contributed by atoms with Gasteiger partial charge in [-0.2, -0.15) is 0 Å². The largest absolute Gasteiger partial charge is 0.376 e. The lowest BCUT2D eigenvalue weighted by Gasteiger charge is -2.39. The number of rotatable bonds is 10. The van der Waals surface area contributed by atoms with E-state index in [-0.39, 0.29) is 5.60 Å². The summed E-state index contributed by atoms with van der Waals surface area (Å²) in [6.07, 6.45) is 5.99. The maximum atomic E-state index is 6.46. The van der Waals surface area contributed by atoms with Crippen molar-refractivity contribution in [3.05, 3.63) is 34.9 Å². The Morgan fingerprint density at radius 3 is 2.73 bits per heavy atom. The molecule has 0 aliphatic carbocycles. The van der Waals surface area contributed by atoms with E-state index in [2.05, 4.69) is 45.4 Å². The molecule has 1 saturated heterocycles. The molecule has 3 nitrogen and oxygen atoms in total. The molecular formula is C22H39ClN2O+2. The zero-order chi connectivity index (χ0) is 19.0. The first-order valence-electron chi connectivity index (χ1n) is 10.4. The molecule has 148 valence electrons. The monoisotopic (exact) mass is 382 g/mol. The third-order valence-corrected chi connectivity index (χ3v) is 6.04. The number of benzene rings is 1. The van der Waals surface area contributed by atoms with Crippen molar-refractivity contribution in [3.8, 4) is 0 Å². The molecule has 0 amide bonds. The fourth-order valence-electron chi connectivity index (χ4n) is 4.21. The molecule has 26 heavy (non-hydrogen) atoms. The Labute approximate surface area is 165 Å². The summed E-state index contributed by atoms with van der Waals surface area (Å²) in [4.78, 5) is 1.54. The molecule has 2 atom stereocenters. The predicted molar refractivity (Wildman–Crippen MR) is 110 cm³/mol. The Morgan fingerprint density at radius 1 is 1.27 bits per heavy atom. The number of nitrogens with two attached hydrogens (primary N) is 1. The summed E-state index contributed by atoms with van der Waals surface area (Å²) >= 11 is 6.46. The maximum Gasteiger partial charge on any atom is 0.0821 e. The van der Waals surface area contributed by atoms with Crippen molar-refractivity contribution in [2.45, 2.75) is 51.6 Å². The van der Waals surface area contributed by atoms with Crippen LogP contribution in [0.1, 0.15) is 45.1 Å². The lowest BCUT2D eigenvalue weighted by Crippen LogP contribution is -3.06. The van der Waals surface area contributed by atoms with Gasteiger partial charge in [0.1, 0.15) is 0 Å². The van der Waals surface area contributed by atoms with Crippen LogP contribution >= 0.6 is 11.6 Å². The number of quaternary nitrogens is 2. The average molecular weight is 383 g/mol. The first-order valence-corrected chi connectivity index (χ1v) is 10.7. The zero-order valence-corrected chi connectivity index (χ0v) is 17.9. The molecule has 4 heteroatoms.